The van der Waals surface area contributed by atoms with Gasteiger partial charge in [-0.25, -0.2) is 9.38 Å². The molecule has 0 unspecified atom stereocenters. The van der Waals surface area contributed by atoms with E-state index in [2.05, 4.69) is 17.2 Å². The summed E-state index contributed by atoms with van der Waals surface area (Å²) in [7, 11) is 0. The molecule has 1 aliphatic heterocycles. The third kappa shape index (κ3) is 7.02. The lowest BCUT2D eigenvalue weighted by atomic mass is 10.1. The number of thioether (sulfide) groups is 1. The number of hydrogen-bond acceptors (Lipinski definition) is 4. The first kappa shape index (κ1) is 22.1. The van der Waals surface area contributed by atoms with E-state index in [1.54, 1.807) is 12.1 Å². The van der Waals surface area contributed by atoms with E-state index in [9.17, 15) is 9.18 Å². The topological polar surface area (TPSA) is 50.7 Å². The number of amides is 1. The average molecular weight is 427 g/mol. The Bertz CT molecular complexity index is 892. The molecule has 0 radical (unpaired) electrons. The normalized spacial score (nSPS) is 16.3. The number of carbonyl (C=O) groups excluding carboxylic acids is 1. The van der Waals surface area contributed by atoms with Crippen LogP contribution in [0.2, 0.25) is 0 Å². The molecule has 0 atom stereocenters. The minimum atomic E-state index is -0.318. The maximum absolute atomic E-state index is 13.0. The summed E-state index contributed by atoms with van der Waals surface area (Å²) in [6, 6.07) is 13.5. The Morgan fingerprint density at radius 2 is 1.70 bits per heavy atom. The fourth-order valence-electron chi connectivity index (χ4n) is 3.00. The van der Waals surface area contributed by atoms with Gasteiger partial charge in [-0.1, -0.05) is 51.2 Å². The van der Waals surface area contributed by atoms with E-state index in [0.717, 1.165) is 24.3 Å². The molecule has 2 aromatic rings. The van der Waals surface area contributed by atoms with Crippen LogP contribution in [-0.2, 0) is 4.79 Å². The molecule has 3 rings (SSSR count). The van der Waals surface area contributed by atoms with Crippen molar-refractivity contribution >= 4 is 34.6 Å². The molecule has 1 saturated heterocycles. The first-order valence-electron chi connectivity index (χ1n) is 10.4. The second-order valence-electron chi connectivity index (χ2n) is 7.14. The fourth-order valence-corrected chi connectivity index (χ4v) is 3.84. The van der Waals surface area contributed by atoms with Crippen molar-refractivity contribution in [2.24, 2.45) is 4.99 Å². The van der Waals surface area contributed by atoms with E-state index in [1.807, 2.05) is 30.3 Å². The van der Waals surface area contributed by atoms with Crippen LogP contribution in [-0.4, -0.2) is 17.7 Å². The van der Waals surface area contributed by atoms with Gasteiger partial charge in [-0.05, 0) is 66.2 Å². The number of unbranched alkanes of at least 4 members (excludes halogenated alkanes) is 5. The zero-order valence-corrected chi connectivity index (χ0v) is 18.0. The van der Waals surface area contributed by atoms with Crippen molar-refractivity contribution in [3.8, 4) is 5.75 Å². The van der Waals surface area contributed by atoms with E-state index < -0.39 is 0 Å². The second kappa shape index (κ2) is 11.6. The van der Waals surface area contributed by atoms with Crippen LogP contribution < -0.4 is 10.1 Å². The fraction of sp³-hybridized carbons (Fsp3) is 0.333. The van der Waals surface area contributed by atoms with Gasteiger partial charge in [0.2, 0.25) is 0 Å². The molecule has 0 saturated carbocycles. The van der Waals surface area contributed by atoms with Gasteiger partial charge in [-0.2, -0.15) is 0 Å². The van der Waals surface area contributed by atoms with Gasteiger partial charge in [0, 0.05) is 0 Å². The van der Waals surface area contributed by atoms with Gasteiger partial charge in [-0.15, -0.1) is 0 Å². The zero-order chi connectivity index (χ0) is 21.2. The smallest absolute Gasteiger partial charge is 0.264 e. The predicted octanol–water partition coefficient (Wildman–Crippen LogP) is 6.46. The quantitative estimate of drug-likeness (QED) is 0.350. The number of aliphatic imine (C=N–C) groups is 1. The van der Waals surface area contributed by atoms with E-state index in [1.165, 1.54) is 56.0 Å². The summed E-state index contributed by atoms with van der Waals surface area (Å²) < 4.78 is 18.8. The summed E-state index contributed by atoms with van der Waals surface area (Å²) in [5.41, 5.74) is 1.51. The summed E-state index contributed by atoms with van der Waals surface area (Å²) in [6.45, 7) is 2.95. The molecule has 0 aromatic heterocycles. The van der Waals surface area contributed by atoms with Crippen molar-refractivity contribution < 1.29 is 13.9 Å². The lowest BCUT2D eigenvalue weighted by molar-refractivity contribution is -0.115. The molecule has 1 heterocycles. The van der Waals surface area contributed by atoms with Crippen LogP contribution in [0.15, 0.2) is 58.4 Å². The first-order chi connectivity index (χ1) is 14.6. The molecule has 2 aromatic carbocycles. The molecule has 1 amide bonds. The monoisotopic (exact) mass is 426 g/mol. The number of rotatable bonds is 10. The third-order valence-electron chi connectivity index (χ3n) is 4.65. The van der Waals surface area contributed by atoms with Crippen LogP contribution >= 0.6 is 11.8 Å². The van der Waals surface area contributed by atoms with Gasteiger partial charge in [0.05, 0.1) is 17.2 Å². The van der Waals surface area contributed by atoms with Crippen LogP contribution in [0, 0.1) is 5.82 Å². The SMILES string of the molecule is CCCCCCCCOc1ccc(C=C2SC(=Nc3ccc(F)cc3)NC2=O)cc1. The maximum Gasteiger partial charge on any atom is 0.264 e. The highest BCUT2D eigenvalue weighted by molar-refractivity contribution is 8.18. The van der Waals surface area contributed by atoms with Crippen LogP contribution in [0.5, 0.6) is 5.75 Å². The van der Waals surface area contributed by atoms with Crippen LogP contribution in [0.4, 0.5) is 10.1 Å². The zero-order valence-electron chi connectivity index (χ0n) is 17.2. The number of ether oxygens (including phenoxy) is 1. The summed E-state index contributed by atoms with van der Waals surface area (Å²) in [6.07, 6.45) is 9.26. The highest BCUT2D eigenvalue weighted by atomic mass is 32.2. The number of nitrogens with zero attached hydrogens (tertiary/aromatic N) is 1. The molecular formula is C24H27FN2O2S. The van der Waals surface area contributed by atoms with Crippen molar-refractivity contribution in [3.05, 3.63) is 64.8 Å². The Morgan fingerprint density at radius 1 is 1.00 bits per heavy atom. The molecule has 0 bridgehead atoms. The average Bonchev–Trinajstić information content (AvgIpc) is 3.09. The summed E-state index contributed by atoms with van der Waals surface area (Å²) >= 11 is 1.27. The van der Waals surface area contributed by atoms with Gasteiger partial charge in [0.15, 0.2) is 5.17 Å². The Labute approximate surface area is 181 Å². The van der Waals surface area contributed by atoms with Gasteiger partial charge < -0.3 is 10.1 Å². The maximum atomic E-state index is 13.0. The highest BCUT2D eigenvalue weighted by Gasteiger charge is 2.23. The predicted molar refractivity (Wildman–Crippen MR) is 123 cm³/mol. The van der Waals surface area contributed by atoms with Crippen LogP contribution in [0.1, 0.15) is 51.0 Å². The minimum absolute atomic E-state index is 0.190. The largest absolute Gasteiger partial charge is 0.494 e. The van der Waals surface area contributed by atoms with Crippen molar-refractivity contribution in [2.75, 3.05) is 6.61 Å². The Morgan fingerprint density at radius 3 is 2.43 bits per heavy atom. The minimum Gasteiger partial charge on any atom is -0.494 e. The number of amidine groups is 1. The number of halogens is 1. The van der Waals surface area contributed by atoms with E-state index in [-0.39, 0.29) is 11.7 Å². The Hall–Kier alpha value is -2.60. The van der Waals surface area contributed by atoms with E-state index >= 15 is 0 Å². The molecule has 1 N–H and O–H groups in total. The number of carbonyl (C=O) groups is 1. The lowest BCUT2D eigenvalue weighted by Gasteiger charge is -2.06. The first-order valence-corrected chi connectivity index (χ1v) is 11.2. The molecule has 0 aliphatic carbocycles. The summed E-state index contributed by atoms with van der Waals surface area (Å²) in [5.74, 6) is 0.333. The van der Waals surface area contributed by atoms with Gasteiger partial charge in [0.1, 0.15) is 11.6 Å². The molecule has 0 spiro atoms. The van der Waals surface area contributed by atoms with Crippen molar-refractivity contribution in [1.29, 1.82) is 0 Å². The summed E-state index contributed by atoms with van der Waals surface area (Å²) in [5, 5.41) is 3.22. The number of hydrogen-bond donors (Lipinski definition) is 1. The molecule has 4 nitrogen and oxygen atoms in total. The van der Waals surface area contributed by atoms with Gasteiger partial charge in [0.25, 0.3) is 5.91 Å². The van der Waals surface area contributed by atoms with Gasteiger partial charge >= 0.3 is 0 Å². The van der Waals surface area contributed by atoms with Gasteiger partial charge in [-0.3, -0.25) is 4.79 Å². The Balaban J connectivity index is 1.50. The molecule has 1 fully saturated rings. The molecule has 6 heteroatoms. The molecule has 158 valence electrons. The lowest BCUT2D eigenvalue weighted by Crippen LogP contribution is -2.19. The third-order valence-corrected chi connectivity index (χ3v) is 5.56. The molecule has 1 aliphatic rings. The van der Waals surface area contributed by atoms with E-state index in [4.69, 9.17) is 4.74 Å². The van der Waals surface area contributed by atoms with Crippen molar-refractivity contribution in [3.63, 3.8) is 0 Å². The molecule has 30 heavy (non-hydrogen) atoms. The van der Waals surface area contributed by atoms with Crippen LogP contribution in [0.25, 0.3) is 6.08 Å². The Kier molecular flexibility index (Phi) is 8.51. The number of nitrogens with one attached hydrogen (secondary N) is 1. The standard InChI is InChI=1S/C24H27FN2O2S/c1-2-3-4-5-6-7-16-29-21-14-8-18(9-15-21)17-22-23(28)27-24(30-22)26-20-12-10-19(25)11-13-20/h8-15,17H,2-7,16H2,1H3,(H,26,27,28). The second-order valence-corrected chi connectivity index (χ2v) is 8.17. The van der Waals surface area contributed by atoms with Crippen molar-refractivity contribution in [2.45, 2.75) is 45.4 Å². The van der Waals surface area contributed by atoms with Crippen molar-refractivity contribution in [1.82, 2.24) is 5.32 Å². The van der Waals surface area contributed by atoms with E-state index in [0.29, 0.717) is 15.8 Å². The molecular weight excluding hydrogens is 399 g/mol. The van der Waals surface area contributed by atoms with Crippen LogP contribution in [0.3, 0.4) is 0 Å². The highest BCUT2D eigenvalue weighted by Crippen LogP contribution is 2.28. The summed E-state index contributed by atoms with van der Waals surface area (Å²) in [4.78, 5) is 17.1. The number of benzene rings is 2.